The lowest BCUT2D eigenvalue weighted by atomic mass is 10.3. The third-order valence-corrected chi connectivity index (χ3v) is 2.39. The summed E-state index contributed by atoms with van der Waals surface area (Å²) in [5, 5.41) is 0. The standard InChI is InChI=1S/C7H4BrClF3N/c8-5-1-6(7(10,11)12)13-3-4(5)2-9/h1,3H,2H2. The molecule has 0 saturated heterocycles. The third kappa shape index (κ3) is 2.57. The maximum absolute atomic E-state index is 12.1. The van der Waals surface area contributed by atoms with Gasteiger partial charge >= 0.3 is 6.18 Å². The van der Waals surface area contributed by atoms with Crippen molar-refractivity contribution in [3.05, 3.63) is 28.0 Å². The van der Waals surface area contributed by atoms with Gasteiger partial charge in [0.1, 0.15) is 5.69 Å². The summed E-state index contributed by atoms with van der Waals surface area (Å²) in [6.07, 6.45) is -3.30. The monoisotopic (exact) mass is 273 g/mol. The van der Waals surface area contributed by atoms with Crippen molar-refractivity contribution in [3.8, 4) is 0 Å². The van der Waals surface area contributed by atoms with Crippen molar-refractivity contribution >= 4 is 27.5 Å². The SMILES string of the molecule is FC(F)(F)c1cc(Br)c(CCl)cn1. The van der Waals surface area contributed by atoms with Gasteiger partial charge in [-0.05, 0) is 11.6 Å². The van der Waals surface area contributed by atoms with Gasteiger partial charge in [0, 0.05) is 10.7 Å². The van der Waals surface area contributed by atoms with Gasteiger partial charge in [-0.25, -0.2) is 0 Å². The number of pyridine rings is 1. The highest BCUT2D eigenvalue weighted by molar-refractivity contribution is 9.10. The quantitative estimate of drug-likeness (QED) is 0.713. The van der Waals surface area contributed by atoms with Gasteiger partial charge in [-0.15, -0.1) is 11.6 Å². The number of alkyl halides is 4. The number of hydrogen-bond donors (Lipinski definition) is 0. The van der Waals surface area contributed by atoms with Gasteiger partial charge in [0.05, 0.1) is 5.88 Å². The molecule has 0 bridgehead atoms. The highest BCUT2D eigenvalue weighted by Crippen LogP contribution is 2.30. The summed E-state index contributed by atoms with van der Waals surface area (Å²) in [5.74, 6) is 0.131. The van der Waals surface area contributed by atoms with Crippen LogP contribution in [0, 0.1) is 0 Å². The molecule has 6 heteroatoms. The van der Waals surface area contributed by atoms with Crippen LogP contribution in [0.4, 0.5) is 13.2 Å². The molecule has 0 N–H and O–H groups in total. The van der Waals surface area contributed by atoms with Crippen LogP contribution in [0.2, 0.25) is 0 Å². The molecule has 0 aliphatic rings. The van der Waals surface area contributed by atoms with E-state index in [4.69, 9.17) is 11.6 Å². The van der Waals surface area contributed by atoms with E-state index in [2.05, 4.69) is 20.9 Å². The highest BCUT2D eigenvalue weighted by Gasteiger charge is 2.32. The Bertz CT molecular complexity index is 313. The van der Waals surface area contributed by atoms with Gasteiger partial charge < -0.3 is 0 Å². The fraction of sp³-hybridized carbons (Fsp3) is 0.286. The Morgan fingerprint density at radius 1 is 1.46 bits per heavy atom. The van der Waals surface area contributed by atoms with Gasteiger partial charge in [-0.1, -0.05) is 15.9 Å². The molecule has 1 aromatic heterocycles. The summed E-state index contributed by atoms with van der Waals surface area (Å²) in [6.45, 7) is 0. The van der Waals surface area contributed by atoms with E-state index in [0.717, 1.165) is 12.3 Å². The predicted molar refractivity (Wildman–Crippen MR) is 46.5 cm³/mol. The molecule has 0 aliphatic heterocycles. The first-order valence-electron chi connectivity index (χ1n) is 3.22. The fourth-order valence-corrected chi connectivity index (χ4v) is 1.55. The molecule has 72 valence electrons. The molecule has 0 amide bonds. The van der Waals surface area contributed by atoms with Gasteiger partial charge in [-0.2, -0.15) is 13.2 Å². The lowest BCUT2D eigenvalue weighted by molar-refractivity contribution is -0.141. The zero-order chi connectivity index (χ0) is 10.1. The molecule has 0 atom stereocenters. The molecule has 1 aromatic rings. The van der Waals surface area contributed by atoms with Crippen molar-refractivity contribution < 1.29 is 13.2 Å². The number of nitrogens with zero attached hydrogens (tertiary/aromatic N) is 1. The maximum atomic E-state index is 12.1. The average Bonchev–Trinajstić information content (AvgIpc) is 2.02. The summed E-state index contributed by atoms with van der Waals surface area (Å²) in [7, 11) is 0. The van der Waals surface area contributed by atoms with E-state index < -0.39 is 11.9 Å². The lowest BCUT2D eigenvalue weighted by Crippen LogP contribution is -2.08. The van der Waals surface area contributed by atoms with Crippen molar-refractivity contribution in [1.82, 2.24) is 4.98 Å². The first kappa shape index (κ1) is 10.8. The zero-order valence-corrected chi connectivity index (χ0v) is 8.54. The molecule has 1 rings (SSSR count). The van der Waals surface area contributed by atoms with Crippen LogP contribution in [0.25, 0.3) is 0 Å². The summed E-state index contributed by atoms with van der Waals surface area (Å²) in [4.78, 5) is 3.24. The first-order valence-corrected chi connectivity index (χ1v) is 4.55. The van der Waals surface area contributed by atoms with Crippen molar-refractivity contribution in [3.63, 3.8) is 0 Å². The minimum Gasteiger partial charge on any atom is -0.251 e. The maximum Gasteiger partial charge on any atom is 0.433 e. The summed E-state index contributed by atoms with van der Waals surface area (Å²) < 4.78 is 36.6. The van der Waals surface area contributed by atoms with Crippen LogP contribution in [0.3, 0.4) is 0 Å². The second-order valence-electron chi connectivity index (χ2n) is 2.29. The van der Waals surface area contributed by atoms with Crippen LogP contribution < -0.4 is 0 Å². The van der Waals surface area contributed by atoms with Crippen molar-refractivity contribution in [2.45, 2.75) is 12.1 Å². The number of halogens is 5. The van der Waals surface area contributed by atoms with Gasteiger partial charge in [-0.3, -0.25) is 4.98 Å². The first-order chi connectivity index (χ1) is 5.95. The Labute approximate surface area is 86.0 Å². The minimum absolute atomic E-state index is 0.131. The van der Waals surface area contributed by atoms with Crippen LogP contribution in [0.15, 0.2) is 16.7 Å². The highest BCUT2D eigenvalue weighted by atomic mass is 79.9. The molecule has 0 aliphatic carbocycles. The topological polar surface area (TPSA) is 12.9 Å². The van der Waals surface area contributed by atoms with Crippen LogP contribution in [-0.2, 0) is 12.1 Å². The van der Waals surface area contributed by atoms with E-state index in [0.29, 0.717) is 10.0 Å². The van der Waals surface area contributed by atoms with E-state index in [-0.39, 0.29) is 5.88 Å². The largest absolute Gasteiger partial charge is 0.433 e. The molecule has 13 heavy (non-hydrogen) atoms. The van der Waals surface area contributed by atoms with Crippen LogP contribution in [0.5, 0.6) is 0 Å². The molecule has 0 aromatic carbocycles. The number of hydrogen-bond acceptors (Lipinski definition) is 1. The average molecular weight is 274 g/mol. The molecular weight excluding hydrogens is 270 g/mol. The Balaban J connectivity index is 3.10. The second kappa shape index (κ2) is 3.84. The van der Waals surface area contributed by atoms with E-state index in [1.807, 2.05) is 0 Å². The summed E-state index contributed by atoms with van der Waals surface area (Å²) in [6, 6.07) is 0.914. The fourth-order valence-electron chi connectivity index (χ4n) is 0.712. The molecule has 0 fully saturated rings. The van der Waals surface area contributed by atoms with Crippen molar-refractivity contribution in [1.29, 1.82) is 0 Å². The molecule has 0 spiro atoms. The normalized spacial score (nSPS) is 11.8. The van der Waals surface area contributed by atoms with E-state index in [1.165, 1.54) is 0 Å². The predicted octanol–water partition coefficient (Wildman–Crippen LogP) is 3.60. The molecule has 1 heterocycles. The number of rotatable bonds is 1. The summed E-state index contributed by atoms with van der Waals surface area (Å²) in [5.41, 5.74) is -0.386. The molecule has 0 radical (unpaired) electrons. The minimum atomic E-state index is -4.41. The van der Waals surface area contributed by atoms with Gasteiger partial charge in [0.15, 0.2) is 0 Å². The van der Waals surface area contributed by atoms with Gasteiger partial charge in [0.2, 0.25) is 0 Å². The van der Waals surface area contributed by atoms with Crippen molar-refractivity contribution in [2.75, 3.05) is 0 Å². The number of aromatic nitrogens is 1. The smallest absolute Gasteiger partial charge is 0.251 e. The van der Waals surface area contributed by atoms with E-state index in [1.54, 1.807) is 0 Å². The molecule has 0 saturated carbocycles. The Hall–Kier alpha value is -0.290. The van der Waals surface area contributed by atoms with E-state index >= 15 is 0 Å². The Morgan fingerprint density at radius 2 is 2.08 bits per heavy atom. The zero-order valence-electron chi connectivity index (χ0n) is 6.20. The van der Waals surface area contributed by atoms with Crippen molar-refractivity contribution in [2.24, 2.45) is 0 Å². The third-order valence-electron chi connectivity index (χ3n) is 1.36. The second-order valence-corrected chi connectivity index (χ2v) is 3.41. The van der Waals surface area contributed by atoms with Gasteiger partial charge in [0.25, 0.3) is 0 Å². The Kier molecular flexibility index (Phi) is 3.18. The van der Waals surface area contributed by atoms with Crippen LogP contribution in [-0.4, -0.2) is 4.98 Å². The van der Waals surface area contributed by atoms with Crippen LogP contribution >= 0.6 is 27.5 Å². The van der Waals surface area contributed by atoms with Crippen LogP contribution in [0.1, 0.15) is 11.3 Å². The molecular formula is C7H4BrClF3N. The summed E-state index contributed by atoms with van der Waals surface area (Å²) >= 11 is 8.42. The lowest BCUT2D eigenvalue weighted by Gasteiger charge is -2.07. The van der Waals surface area contributed by atoms with E-state index in [9.17, 15) is 13.2 Å². The molecule has 0 unspecified atom stereocenters. The molecule has 1 nitrogen and oxygen atoms in total. The Morgan fingerprint density at radius 3 is 2.46 bits per heavy atom.